The van der Waals surface area contributed by atoms with E-state index in [0.717, 1.165) is 4.90 Å². The molecule has 2 N–H and O–H groups in total. The lowest BCUT2D eigenvalue weighted by atomic mass is 10.1. The van der Waals surface area contributed by atoms with E-state index in [9.17, 15) is 19.5 Å². The van der Waals surface area contributed by atoms with Gasteiger partial charge in [-0.1, -0.05) is 54.1 Å². The average molecular weight is 413 g/mol. The maximum atomic E-state index is 13.1. The Bertz CT molecular complexity index is 999. The first-order chi connectivity index (χ1) is 13.9. The number of carboxylic acid groups (broad SMARTS) is 2. The molecule has 1 amide bonds. The van der Waals surface area contributed by atoms with Crippen molar-refractivity contribution in [2.24, 2.45) is 4.99 Å². The first kappa shape index (κ1) is 20.3. The molecule has 3 rings (SSSR count). The molecule has 0 saturated heterocycles. The number of benzene rings is 2. The van der Waals surface area contributed by atoms with Gasteiger partial charge in [0.1, 0.15) is 17.6 Å². The van der Waals surface area contributed by atoms with Gasteiger partial charge in [0.15, 0.2) is 0 Å². The van der Waals surface area contributed by atoms with Crippen molar-refractivity contribution in [2.75, 3.05) is 0 Å². The molecule has 8 heteroatoms. The molecule has 29 heavy (non-hydrogen) atoms. The van der Waals surface area contributed by atoms with Gasteiger partial charge in [0.05, 0.1) is 0 Å². The van der Waals surface area contributed by atoms with E-state index in [1.807, 2.05) is 0 Å². The van der Waals surface area contributed by atoms with E-state index in [0.29, 0.717) is 16.1 Å². The third-order valence-corrected chi connectivity index (χ3v) is 4.58. The SMILES string of the molecule is O=C(O)CCC(C(=O)O)N1C(=O)C(=Cc2ccc(Cl)cc2)N=C1c1ccccc1. The Morgan fingerprint density at radius 3 is 2.31 bits per heavy atom. The van der Waals surface area contributed by atoms with Crippen molar-refractivity contribution in [2.45, 2.75) is 18.9 Å². The predicted molar refractivity (Wildman–Crippen MR) is 108 cm³/mol. The van der Waals surface area contributed by atoms with Crippen molar-refractivity contribution in [3.05, 3.63) is 76.4 Å². The van der Waals surface area contributed by atoms with Crippen LogP contribution in [0.2, 0.25) is 5.02 Å². The van der Waals surface area contributed by atoms with Crippen LogP contribution < -0.4 is 0 Å². The highest BCUT2D eigenvalue weighted by Crippen LogP contribution is 2.26. The van der Waals surface area contributed by atoms with Gasteiger partial charge in [0, 0.05) is 17.0 Å². The van der Waals surface area contributed by atoms with Crippen molar-refractivity contribution in [3.8, 4) is 0 Å². The lowest BCUT2D eigenvalue weighted by Gasteiger charge is -2.25. The number of carbonyl (C=O) groups excluding carboxylic acids is 1. The lowest BCUT2D eigenvalue weighted by molar-refractivity contribution is -0.146. The number of carbonyl (C=O) groups is 3. The number of hydrogen-bond acceptors (Lipinski definition) is 4. The highest BCUT2D eigenvalue weighted by molar-refractivity contribution is 6.30. The molecule has 148 valence electrons. The number of halogens is 1. The number of carboxylic acids is 2. The molecule has 1 atom stereocenters. The average Bonchev–Trinajstić information content (AvgIpc) is 3.00. The minimum Gasteiger partial charge on any atom is -0.481 e. The van der Waals surface area contributed by atoms with Crippen LogP contribution in [0.15, 0.2) is 65.3 Å². The Morgan fingerprint density at radius 1 is 1.07 bits per heavy atom. The summed E-state index contributed by atoms with van der Waals surface area (Å²) in [6.45, 7) is 0. The quantitative estimate of drug-likeness (QED) is 0.678. The molecular weight excluding hydrogens is 396 g/mol. The molecule has 0 radical (unpaired) electrons. The van der Waals surface area contributed by atoms with E-state index in [4.69, 9.17) is 16.7 Å². The monoisotopic (exact) mass is 412 g/mol. The maximum Gasteiger partial charge on any atom is 0.326 e. The van der Waals surface area contributed by atoms with Crippen LogP contribution in [0.1, 0.15) is 24.0 Å². The van der Waals surface area contributed by atoms with E-state index < -0.39 is 23.9 Å². The molecule has 0 saturated carbocycles. The molecule has 1 aliphatic heterocycles. The summed E-state index contributed by atoms with van der Waals surface area (Å²) in [5, 5.41) is 19.2. The molecule has 2 aromatic carbocycles. The molecule has 1 heterocycles. The topological polar surface area (TPSA) is 107 Å². The third kappa shape index (κ3) is 4.70. The maximum absolute atomic E-state index is 13.1. The number of rotatable bonds is 7. The smallest absolute Gasteiger partial charge is 0.326 e. The highest BCUT2D eigenvalue weighted by Gasteiger charge is 2.39. The van der Waals surface area contributed by atoms with Gasteiger partial charge in [-0.25, -0.2) is 9.79 Å². The number of amides is 1. The standard InChI is InChI=1S/C21H17ClN2O5/c22-15-8-6-13(7-9-15)12-16-20(27)24(17(21(28)29)10-11-18(25)26)19(23-16)14-4-2-1-3-5-14/h1-9,12,17H,10-11H2,(H,25,26)(H,28,29). The van der Waals surface area contributed by atoms with Gasteiger partial charge in [-0.2, -0.15) is 0 Å². The third-order valence-electron chi connectivity index (χ3n) is 4.33. The van der Waals surface area contributed by atoms with Crippen molar-refractivity contribution in [3.63, 3.8) is 0 Å². The largest absolute Gasteiger partial charge is 0.481 e. The summed E-state index contributed by atoms with van der Waals surface area (Å²) < 4.78 is 0. The van der Waals surface area contributed by atoms with Crippen molar-refractivity contribution in [1.29, 1.82) is 0 Å². The van der Waals surface area contributed by atoms with Crippen LogP contribution in [0.3, 0.4) is 0 Å². The molecular formula is C21H17ClN2O5. The fraction of sp³-hybridized carbons (Fsp3) is 0.143. The summed E-state index contributed by atoms with van der Waals surface area (Å²) in [5.74, 6) is -2.86. The van der Waals surface area contributed by atoms with Gasteiger partial charge in [0.2, 0.25) is 0 Å². The Balaban J connectivity index is 2.04. The minimum atomic E-state index is -1.35. The van der Waals surface area contributed by atoms with Gasteiger partial charge >= 0.3 is 11.9 Å². The summed E-state index contributed by atoms with van der Waals surface area (Å²) in [6.07, 6.45) is 0.910. The summed E-state index contributed by atoms with van der Waals surface area (Å²) in [7, 11) is 0. The summed E-state index contributed by atoms with van der Waals surface area (Å²) >= 11 is 5.88. The second kappa shape index (κ2) is 8.70. The number of amidine groups is 1. The zero-order chi connectivity index (χ0) is 21.0. The van der Waals surface area contributed by atoms with Crippen LogP contribution in [0.4, 0.5) is 0 Å². The predicted octanol–water partition coefficient (Wildman–Crippen LogP) is 3.29. The van der Waals surface area contributed by atoms with Crippen LogP contribution in [-0.4, -0.2) is 44.8 Å². The summed E-state index contributed by atoms with van der Waals surface area (Å²) in [4.78, 5) is 41.3. The molecule has 0 fully saturated rings. The van der Waals surface area contributed by atoms with Crippen molar-refractivity contribution >= 4 is 41.4 Å². The molecule has 0 spiro atoms. The minimum absolute atomic E-state index is 0.0627. The summed E-state index contributed by atoms with van der Waals surface area (Å²) in [5.41, 5.74) is 1.29. The van der Waals surface area contributed by atoms with E-state index in [2.05, 4.69) is 4.99 Å². The van der Waals surface area contributed by atoms with Crippen LogP contribution in [0, 0.1) is 0 Å². The first-order valence-corrected chi connectivity index (χ1v) is 9.14. The second-order valence-electron chi connectivity index (χ2n) is 6.34. The number of aliphatic imine (C=N–C) groups is 1. The molecule has 7 nitrogen and oxygen atoms in total. The van der Waals surface area contributed by atoms with Crippen LogP contribution in [0.25, 0.3) is 6.08 Å². The zero-order valence-corrected chi connectivity index (χ0v) is 15.9. The molecule has 2 aromatic rings. The Hall–Kier alpha value is -3.45. The van der Waals surface area contributed by atoms with E-state index in [1.165, 1.54) is 6.08 Å². The Kier molecular flexibility index (Phi) is 6.09. The molecule has 0 aliphatic carbocycles. The fourth-order valence-electron chi connectivity index (χ4n) is 2.95. The number of aliphatic carboxylic acids is 2. The fourth-order valence-corrected chi connectivity index (χ4v) is 3.08. The van der Waals surface area contributed by atoms with E-state index >= 15 is 0 Å². The highest BCUT2D eigenvalue weighted by atomic mass is 35.5. The number of hydrogen-bond donors (Lipinski definition) is 2. The van der Waals surface area contributed by atoms with Gasteiger partial charge in [-0.05, 0) is 30.2 Å². The van der Waals surface area contributed by atoms with Crippen LogP contribution in [-0.2, 0) is 14.4 Å². The number of nitrogens with zero attached hydrogens (tertiary/aromatic N) is 2. The Morgan fingerprint density at radius 2 is 1.72 bits per heavy atom. The van der Waals surface area contributed by atoms with E-state index in [-0.39, 0.29) is 24.4 Å². The van der Waals surface area contributed by atoms with Gasteiger partial charge in [-0.15, -0.1) is 0 Å². The molecule has 0 aromatic heterocycles. The van der Waals surface area contributed by atoms with Crippen LogP contribution >= 0.6 is 11.6 Å². The molecule has 0 bridgehead atoms. The lowest BCUT2D eigenvalue weighted by Crippen LogP contribution is -2.46. The van der Waals surface area contributed by atoms with Crippen LogP contribution in [0.5, 0.6) is 0 Å². The van der Waals surface area contributed by atoms with E-state index in [1.54, 1.807) is 54.6 Å². The van der Waals surface area contributed by atoms with Gasteiger partial charge in [0.25, 0.3) is 5.91 Å². The Labute approximate surface area is 171 Å². The van der Waals surface area contributed by atoms with Crippen molar-refractivity contribution < 1.29 is 24.6 Å². The summed E-state index contributed by atoms with van der Waals surface area (Å²) in [6, 6.07) is 14.1. The second-order valence-corrected chi connectivity index (χ2v) is 6.78. The van der Waals surface area contributed by atoms with Gasteiger partial charge < -0.3 is 10.2 Å². The van der Waals surface area contributed by atoms with Crippen molar-refractivity contribution in [1.82, 2.24) is 4.90 Å². The molecule has 1 aliphatic rings. The zero-order valence-electron chi connectivity index (χ0n) is 15.2. The van der Waals surface area contributed by atoms with Gasteiger partial charge in [-0.3, -0.25) is 14.5 Å². The first-order valence-electron chi connectivity index (χ1n) is 8.76. The molecule has 1 unspecified atom stereocenters. The normalized spacial score (nSPS) is 16.0.